The summed E-state index contributed by atoms with van der Waals surface area (Å²) in [5, 5.41) is 5.02. The van der Waals surface area contributed by atoms with E-state index in [1.54, 1.807) is 11.8 Å². The minimum absolute atomic E-state index is 0.537. The fourth-order valence-electron chi connectivity index (χ4n) is 2.73. The summed E-state index contributed by atoms with van der Waals surface area (Å²) >= 11 is 1.57. The van der Waals surface area contributed by atoms with Crippen LogP contribution in [0.25, 0.3) is 22.4 Å². The maximum Gasteiger partial charge on any atom is 0.237 e. The average Bonchev–Trinajstić information content (AvgIpc) is 3.26. The molecule has 0 N–H and O–H groups in total. The first-order valence-electron chi connectivity index (χ1n) is 8.35. The zero-order chi connectivity index (χ0) is 17.9. The second-order valence-corrected chi connectivity index (χ2v) is 6.61. The van der Waals surface area contributed by atoms with Crippen LogP contribution in [-0.4, -0.2) is 26.3 Å². The van der Waals surface area contributed by atoms with Crippen molar-refractivity contribution in [3.63, 3.8) is 0 Å². The fraction of sp³-hybridized carbons (Fsp3) is 0.211. The molecule has 0 unspecified atom stereocenters. The van der Waals surface area contributed by atoms with Gasteiger partial charge in [-0.1, -0.05) is 41.2 Å². The molecule has 4 rings (SSSR count). The summed E-state index contributed by atoms with van der Waals surface area (Å²) in [6.07, 6.45) is 0. The number of para-hydroxylation sites is 3. The summed E-state index contributed by atoms with van der Waals surface area (Å²) in [7, 11) is 2.01. The highest BCUT2D eigenvalue weighted by Gasteiger charge is 2.15. The molecule has 0 aliphatic rings. The Bertz CT molecular complexity index is 1040. The van der Waals surface area contributed by atoms with Crippen molar-refractivity contribution in [2.45, 2.75) is 17.8 Å². The molecule has 7 heteroatoms. The first-order valence-corrected chi connectivity index (χ1v) is 9.34. The molecule has 26 heavy (non-hydrogen) atoms. The maximum absolute atomic E-state index is 5.64. The Hall–Kier alpha value is -2.80. The summed E-state index contributed by atoms with van der Waals surface area (Å²) in [6, 6.07) is 15.8. The van der Waals surface area contributed by atoms with Crippen molar-refractivity contribution in [1.29, 1.82) is 0 Å². The Labute approximate surface area is 155 Å². The van der Waals surface area contributed by atoms with Gasteiger partial charge in [0.1, 0.15) is 5.75 Å². The second kappa shape index (κ2) is 7.21. The van der Waals surface area contributed by atoms with Crippen LogP contribution >= 0.6 is 11.8 Å². The zero-order valence-corrected chi connectivity index (χ0v) is 15.4. The molecule has 0 aliphatic heterocycles. The van der Waals surface area contributed by atoms with E-state index in [0.29, 0.717) is 24.1 Å². The molecule has 2 aromatic heterocycles. The van der Waals surface area contributed by atoms with Crippen molar-refractivity contribution >= 4 is 22.8 Å². The van der Waals surface area contributed by atoms with Crippen molar-refractivity contribution in [1.82, 2.24) is 19.7 Å². The highest BCUT2D eigenvalue weighted by molar-refractivity contribution is 7.98. The quantitative estimate of drug-likeness (QED) is 0.474. The summed E-state index contributed by atoms with van der Waals surface area (Å²) in [4.78, 5) is 9.15. The highest BCUT2D eigenvalue weighted by Crippen LogP contribution is 2.29. The van der Waals surface area contributed by atoms with Gasteiger partial charge < -0.3 is 13.8 Å². The number of ether oxygens (including phenoxy) is 1. The number of aromatic nitrogens is 4. The van der Waals surface area contributed by atoms with E-state index in [1.165, 1.54) is 0 Å². The number of hydrogen-bond acceptors (Lipinski definition) is 6. The van der Waals surface area contributed by atoms with Crippen molar-refractivity contribution in [3.8, 4) is 17.1 Å². The summed E-state index contributed by atoms with van der Waals surface area (Å²) in [6.45, 7) is 2.54. The Morgan fingerprint density at radius 1 is 1.08 bits per heavy atom. The molecular formula is C19H18N4O2S. The van der Waals surface area contributed by atoms with E-state index in [-0.39, 0.29) is 0 Å². The van der Waals surface area contributed by atoms with E-state index >= 15 is 0 Å². The van der Waals surface area contributed by atoms with Gasteiger partial charge in [0.25, 0.3) is 0 Å². The van der Waals surface area contributed by atoms with Crippen molar-refractivity contribution in [2.75, 3.05) is 6.61 Å². The molecule has 0 spiro atoms. The number of benzene rings is 2. The van der Waals surface area contributed by atoms with Crippen LogP contribution in [0, 0.1) is 0 Å². The molecule has 4 aromatic rings. The summed E-state index contributed by atoms with van der Waals surface area (Å²) in [5.41, 5.74) is 2.92. The molecule has 6 nitrogen and oxygen atoms in total. The van der Waals surface area contributed by atoms with Crippen LogP contribution in [0.2, 0.25) is 0 Å². The minimum atomic E-state index is 0.537. The second-order valence-electron chi connectivity index (χ2n) is 5.67. The smallest absolute Gasteiger partial charge is 0.237 e. The van der Waals surface area contributed by atoms with Gasteiger partial charge in [-0.2, -0.15) is 4.98 Å². The predicted molar refractivity (Wildman–Crippen MR) is 101 cm³/mol. The van der Waals surface area contributed by atoms with E-state index in [4.69, 9.17) is 9.26 Å². The summed E-state index contributed by atoms with van der Waals surface area (Å²) < 4.78 is 13.1. The third-order valence-corrected chi connectivity index (χ3v) is 4.98. The van der Waals surface area contributed by atoms with Crippen LogP contribution in [0.3, 0.4) is 0 Å². The third-order valence-electron chi connectivity index (χ3n) is 3.97. The van der Waals surface area contributed by atoms with Gasteiger partial charge in [-0.15, -0.1) is 0 Å². The van der Waals surface area contributed by atoms with E-state index in [0.717, 1.165) is 27.5 Å². The van der Waals surface area contributed by atoms with Gasteiger partial charge >= 0.3 is 0 Å². The van der Waals surface area contributed by atoms with Crippen LogP contribution in [0.1, 0.15) is 12.8 Å². The van der Waals surface area contributed by atoms with E-state index in [9.17, 15) is 0 Å². The molecule has 0 fully saturated rings. The number of imidazole rings is 1. The summed E-state index contributed by atoms with van der Waals surface area (Å²) in [5.74, 6) is 2.41. The van der Waals surface area contributed by atoms with Crippen LogP contribution in [-0.2, 0) is 12.8 Å². The Morgan fingerprint density at radius 2 is 1.88 bits per heavy atom. The Kier molecular flexibility index (Phi) is 4.62. The average molecular weight is 366 g/mol. The lowest BCUT2D eigenvalue weighted by molar-refractivity contribution is 0.341. The van der Waals surface area contributed by atoms with E-state index in [2.05, 4.69) is 25.8 Å². The number of rotatable bonds is 6. The van der Waals surface area contributed by atoms with Crippen molar-refractivity contribution < 1.29 is 9.26 Å². The van der Waals surface area contributed by atoms with Crippen LogP contribution < -0.4 is 4.74 Å². The number of nitrogens with zero attached hydrogens (tertiary/aromatic N) is 4. The van der Waals surface area contributed by atoms with Gasteiger partial charge in [0, 0.05) is 7.05 Å². The molecule has 0 atom stereocenters. The normalized spacial score (nSPS) is 11.2. The Morgan fingerprint density at radius 3 is 2.73 bits per heavy atom. The van der Waals surface area contributed by atoms with Crippen LogP contribution in [0.15, 0.2) is 58.2 Å². The number of fused-ring (bicyclic) bond motifs is 1. The fourth-order valence-corrected chi connectivity index (χ4v) is 3.56. The number of hydrogen-bond donors (Lipinski definition) is 0. The molecular weight excluding hydrogens is 348 g/mol. The molecule has 2 heterocycles. The topological polar surface area (TPSA) is 66.0 Å². The SMILES string of the molecule is CCOc1ccccc1-c1noc(CSc2nc3ccccc3n2C)n1. The minimum Gasteiger partial charge on any atom is -0.493 e. The number of aryl methyl sites for hydroxylation is 1. The first kappa shape index (κ1) is 16.7. The van der Waals surface area contributed by atoms with Crippen molar-refractivity contribution in [3.05, 3.63) is 54.4 Å². The largest absolute Gasteiger partial charge is 0.493 e. The monoisotopic (exact) mass is 366 g/mol. The van der Waals surface area contributed by atoms with Gasteiger partial charge in [-0.25, -0.2) is 4.98 Å². The lowest BCUT2D eigenvalue weighted by Gasteiger charge is -2.05. The van der Waals surface area contributed by atoms with Gasteiger partial charge in [0.15, 0.2) is 5.16 Å². The molecule has 2 aromatic carbocycles. The predicted octanol–water partition coefficient (Wildman–Crippen LogP) is 4.31. The molecule has 0 saturated heterocycles. The van der Waals surface area contributed by atoms with E-state index < -0.39 is 0 Å². The highest BCUT2D eigenvalue weighted by atomic mass is 32.2. The Balaban J connectivity index is 1.53. The van der Waals surface area contributed by atoms with Gasteiger partial charge in [-0.3, -0.25) is 0 Å². The lowest BCUT2D eigenvalue weighted by atomic mass is 10.2. The molecule has 0 amide bonds. The molecule has 0 radical (unpaired) electrons. The van der Waals surface area contributed by atoms with E-state index in [1.807, 2.05) is 56.4 Å². The molecule has 0 aliphatic carbocycles. The standard InChI is InChI=1S/C19H18N4O2S/c1-3-24-16-11-7-4-8-13(16)18-21-17(25-22-18)12-26-19-20-14-9-5-6-10-15(14)23(19)2/h4-11H,3,12H2,1-2H3. The zero-order valence-electron chi connectivity index (χ0n) is 14.5. The molecule has 132 valence electrons. The number of thioether (sulfide) groups is 1. The molecule has 0 bridgehead atoms. The lowest BCUT2D eigenvalue weighted by Crippen LogP contribution is -1.94. The third kappa shape index (κ3) is 3.17. The first-order chi connectivity index (χ1) is 12.8. The van der Waals surface area contributed by atoms with Crippen molar-refractivity contribution in [2.24, 2.45) is 7.05 Å². The molecule has 0 saturated carbocycles. The van der Waals surface area contributed by atoms with Crippen LogP contribution in [0.4, 0.5) is 0 Å². The maximum atomic E-state index is 5.64. The van der Waals surface area contributed by atoms with Gasteiger partial charge in [-0.05, 0) is 31.2 Å². The van der Waals surface area contributed by atoms with Gasteiger partial charge in [0.2, 0.25) is 11.7 Å². The van der Waals surface area contributed by atoms with Crippen LogP contribution in [0.5, 0.6) is 5.75 Å². The van der Waals surface area contributed by atoms with Gasteiger partial charge in [0.05, 0.1) is 29.0 Å².